The first-order valence-electron chi connectivity index (χ1n) is 7.77. The first-order chi connectivity index (χ1) is 10.7. The number of aryl methyl sites for hydroxylation is 1. The maximum absolute atomic E-state index is 6.00. The molecule has 1 saturated heterocycles. The van der Waals surface area contributed by atoms with Crippen LogP contribution in [0, 0.1) is 6.92 Å². The first-order valence-corrected chi connectivity index (χ1v) is 8.15. The van der Waals surface area contributed by atoms with Crippen molar-refractivity contribution < 1.29 is 4.42 Å². The Hall–Kier alpha value is -1.36. The topological polar surface area (TPSA) is 41.3 Å². The second-order valence-corrected chi connectivity index (χ2v) is 6.33. The molecule has 1 N–H and O–H groups in total. The molecule has 0 amide bonds. The van der Waals surface area contributed by atoms with Gasteiger partial charge >= 0.3 is 0 Å². The van der Waals surface area contributed by atoms with Crippen LogP contribution in [0.4, 0.5) is 0 Å². The van der Waals surface area contributed by atoms with Crippen molar-refractivity contribution >= 4 is 11.6 Å². The van der Waals surface area contributed by atoms with E-state index in [1.54, 1.807) is 0 Å². The van der Waals surface area contributed by atoms with Crippen LogP contribution < -0.4 is 5.32 Å². The summed E-state index contributed by atoms with van der Waals surface area (Å²) in [5.41, 5.74) is 1.95. The summed E-state index contributed by atoms with van der Waals surface area (Å²) in [5, 5.41) is 4.09. The number of likely N-dealkylation sites (N-methyl/N-ethyl adjacent to an activating group) is 1. The van der Waals surface area contributed by atoms with Gasteiger partial charge in [0.25, 0.3) is 0 Å². The van der Waals surface area contributed by atoms with Crippen LogP contribution in [0.25, 0.3) is 11.3 Å². The van der Waals surface area contributed by atoms with Crippen molar-refractivity contribution in [2.24, 2.45) is 0 Å². The van der Waals surface area contributed by atoms with Crippen LogP contribution in [0.15, 0.2) is 28.7 Å². The maximum Gasteiger partial charge on any atom is 0.209 e. The molecule has 2 heterocycles. The van der Waals surface area contributed by atoms with E-state index in [1.807, 2.05) is 38.2 Å². The van der Waals surface area contributed by atoms with Crippen LogP contribution in [-0.2, 0) is 6.54 Å². The molecule has 0 saturated carbocycles. The molecule has 2 aromatic rings. The number of aromatic nitrogens is 1. The summed E-state index contributed by atoms with van der Waals surface area (Å²) in [5.74, 6) is 1.63. The Morgan fingerprint density at radius 2 is 2.14 bits per heavy atom. The normalized spacial score (nSPS) is 19.5. The Morgan fingerprint density at radius 1 is 1.36 bits per heavy atom. The molecule has 1 atom stereocenters. The van der Waals surface area contributed by atoms with Gasteiger partial charge in [0.15, 0.2) is 5.76 Å². The number of nitrogens with one attached hydrogen (secondary N) is 1. The smallest absolute Gasteiger partial charge is 0.209 e. The van der Waals surface area contributed by atoms with Gasteiger partial charge in [0, 0.05) is 23.2 Å². The Kier molecular flexibility index (Phi) is 4.81. The van der Waals surface area contributed by atoms with Gasteiger partial charge in [0.05, 0.1) is 12.2 Å². The van der Waals surface area contributed by atoms with E-state index >= 15 is 0 Å². The van der Waals surface area contributed by atoms with Crippen molar-refractivity contribution in [3.8, 4) is 11.3 Å². The lowest BCUT2D eigenvalue weighted by Crippen LogP contribution is -2.43. The molecule has 22 heavy (non-hydrogen) atoms. The third-order valence-electron chi connectivity index (χ3n) is 4.22. The van der Waals surface area contributed by atoms with E-state index in [4.69, 9.17) is 16.0 Å². The quantitative estimate of drug-likeness (QED) is 0.936. The van der Waals surface area contributed by atoms with Crippen molar-refractivity contribution in [2.45, 2.75) is 32.4 Å². The summed E-state index contributed by atoms with van der Waals surface area (Å²) >= 11 is 5.94. The number of likely N-dealkylation sites (tertiary alicyclic amines) is 1. The first kappa shape index (κ1) is 15.5. The lowest BCUT2D eigenvalue weighted by Gasteiger charge is -2.31. The molecule has 1 aliphatic heterocycles. The lowest BCUT2D eigenvalue weighted by molar-refractivity contribution is 0.173. The van der Waals surface area contributed by atoms with Crippen LogP contribution in [0.5, 0.6) is 0 Å². The van der Waals surface area contributed by atoms with E-state index in [0.717, 1.165) is 47.6 Å². The molecule has 0 aliphatic carbocycles. The molecule has 0 bridgehead atoms. The Morgan fingerprint density at radius 3 is 2.86 bits per heavy atom. The standard InChI is InChI=1S/C17H22ClN3O/c1-12-17(13-5-7-14(18)8-6-13)22-16(20-12)11-21-9-3-4-15(10-21)19-2/h5-8,15,19H,3-4,9-11H2,1-2H3. The number of hydrogen-bond acceptors (Lipinski definition) is 4. The van der Waals surface area contributed by atoms with Gasteiger partial charge in [-0.3, -0.25) is 4.90 Å². The van der Waals surface area contributed by atoms with Gasteiger partial charge in [-0.1, -0.05) is 11.6 Å². The van der Waals surface area contributed by atoms with E-state index in [2.05, 4.69) is 15.2 Å². The number of oxazole rings is 1. The number of halogens is 1. The minimum absolute atomic E-state index is 0.570. The van der Waals surface area contributed by atoms with E-state index < -0.39 is 0 Å². The summed E-state index contributed by atoms with van der Waals surface area (Å²) in [6.45, 7) is 4.92. The second kappa shape index (κ2) is 6.82. The Balaban J connectivity index is 1.73. The minimum atomic E-state index is 0.570. The third kappa shape index (κ3) is 3.51. The molecule has 118 valence electrons. The molecule has 4 nitrogen and oxygen atoms in total. The fourth-order valence-corrected chi connectivity index (χ4v) is 3.14. The largest absolute Gasteiger partial charge is 0.439 e. The number of hydrogen-bond donors (Lipinski definition) is 1. The average molecular weight is 320 g/mol. The zero-order valence-electron chi connectivity index (χ0n) is 13.1. The summed E-state index contributed by atoms with van der Waals surface area (Å²) in [4.78, 5) is 7.00. The van der Waals surface area contributed by atoms with Crippen LogP contribution in [0.2, 0.25) is 5.02 Å². The molecule has 3 rings (SSSR count). The van der Waals surface area contributed by atoms with Crippen LogP contribution in [0.3, 0.4) is 0 Å². The number of rotatable bonds is 4. The molecule has 0 spiro atoms. The number of benzene rings is 1. The summed E-state index contributed by atoms with van der Waals surface area (Å²) in [6.07, 6.45) is 2.46. The molecular weight excluding hydrogens is 298 g/mol. The molecule has 0 radical (unpaired) electrons. The Bertz CT molecular complexity index is 623. The van der Waals surface area contributed by atoms with Crippen LogP contribution in [-0.4, -0.2) is 36.1 Å². The summed E-state index contributed by atoms with van der Waals surface area (Å²) in [7, 11) is 2.03. The predicted molar refractivity (Wildman–Crippen MR) is 89.0 cm³/mol. The number of nitrogens with zero attached hydrogens (tertiary/aromatic N) is 2. The molecule has 1 aliphatic rings. The maximum atomic E-state index is 6.00. The fourth-order valence-electron chi connectivity index (χ4n) is 3.02. The highest BCUT2D eigenvalue weighted by atomic mass is 35.5. The lowest BCUT2D eigenvalue weighted by atomic mass is 10.1. The van der Waals surface area contributed by atoms with Crippen molar-refractivity contribution in [1.29, 1.82) is 0 Å². The van der Waals surface area contributed by atoms with E-state index in [1.165, 1.54) is 12.8 Å². The SMILES string of the molecule is CNC1CCCN(Cc2nc(C)c(-c3ccc(Cl)cc3)o2)C1. The highest BCUT2D eigenvalue weighted by Gasteiger charge is 2.21. The monoisotopic (exact) mass is 319 g/mol. The average Bonchev–Trinajstić information content (AvgIpc) is 2.89. The van der Waals surface area contributed by atoms with Crippen LogP contribution >= 0.6 is 11.6 Å². The second-order valence-electron chi connectivity index (χ2n) is 5.89. The van der Waals surface area contributed by atoms with Crippen LogP contribution in [0.1, 0.15) is 24.4 Å². The highest BCUT2D eigenvalue weighted by Crippen LogP contribution is 2.26. The van der Waals surface area contributed by atoms with Gasteiger partial charge in [-0.2, -0.15) is 0 Å². The molecule has 1 aromatic carbocycles. The van der Waals surface area contributed by atoms with E-state index in [-0.39, 0.29) is 0 Å². The number of piperidine rings is 1. The zero-order chi connectivity index (χ0) is 15.5. The fraction of sp³-hybridized carbons (Fsp3) is 0.471. The predicted octanol–water partition coefficient (Wildman–Crippen LogP) is 3.49. The highest BCUT2D eigenvalue weighted by molar-refractivity contribution is 6.30. The molecule has 1 fully saturated rings. The van der Waals surface area contributed by atoms with E-state index in [9.17, 15) is 0 Å². The van der Waals surface area contributed by atoms with Crippen molar-refractivity contribution in [1.82, 2.24) is 15.2 Å². The summed E-state index contributed by atoms with van der Waals surface area (Å²) < 4.78 is 6.00. The van der Waals surface area contributed by atoms with Gasteiger partial charge in [0.1, 0.15) is 0 Å². The van der Waals surface area contributed by atoms with Gasteiger partial charge < -0.3 is 9.73 Å². The van der Waals surface area contributed by atoms with E-state index in [0.29, 0.717) is 6.04 Å². The van der Waals surface area contributed by atoms with Crippen molar-refractivity contribution in [3.05, 3.63) is 40.9 Å². The van der Waals surface area contributed by atoms with Gasteiger partial charge in [-0.15, -0.1) is 0 Å². The van der Waals surface area contributed by atoms with Crippen molar-refractivity contribution in [3.63, 3.8) is 0 Å². The van der Waals surface area contributed by atoms with Gasteiger partial charge in [-0.05, 0) is 57.6 Å². The third-order valence-corrected chi connectivity index (χ3v) is 4.47. The molecular formula is C17H22ClN3O. The molecule has 1 aromatic heterocycles. The van der Waals surface area contributed by atoms with Crippen molar-refractivity contribution in [2.75, 3.05) is 20.1 Å². The molecule has 5 heteroatoms. The zero-order valence-corrected chi connectivity index (χ0v) is 13.9. The summed E-state index contributed by atoms with van der Waals surface area (Å²) in [6, 6.07) is 8.26. The van der Waals surface area contributed by atoms with Gasteiger partial charge in [-0.25, -0.2) is 4.98 Å². The van der Waals surface area contributed by atoms with Gasteiger partial charge in [0.2, 0.25) is 5.89 Å². The molecule has 1 unspecified atom stereocenters. The minimum Gasteiger partial charge on any atom is -0.439 e. The Labute approximate surface area is 136 Å².